The highest BCUT2D eigenvalue weighted by Crippen LogP contribution is 2.42. The zero-order valence-electron chi connectivity index (χ0n) is 20.0. The minimum absolute atomic E-state index is 0.00625. The van der Waals surface area contributed by atoms with Crippen molar-refractivity contribution in [1.29, 1.82) is 0 Å². The van der Waals surface area contributed by atoms with Crippen LogP contribution >= 0.6 is 11.3 Å². The third kappa shape index (κ3) is 5.33. The quantitative estimate of drug-likeness (QED) is 0.553. The molecule has 1 aromatic carbocycles. The van der Waals surface area contributed by atoms with Crippen molar-refractivity contribution >= 4 is 28.2 Å². The number of piperidine rings is 1. The van der Waals surface area contributed by atoms with Gasteiger partial charge in [-0.3, -0.25) is 9.69 Å². The van der Waals surface area contributed by atoms with Crippen LogP contribution in [-0.2, 0) is 4.79 Å². The van der Waals surface area contributed by atoms with Gasteiger partial charge in [-0.15, -0.1) is 11.3 Å². The molecule has 1 aliphatic carbocycles. The second kappa shape index (κ2) is 10.4. The number of amides is 1. The summed E-state index contributed by atoms with van der Waals surface area (Å²) in [5.41, 5.74) is 1.24. The molecule has 178 valence electrons. The fraction of sp³-hybridized carbons (Fsp3) is 0.556. The van der Waals surface area contributed by atoms with Crippen LogP contribution in [-0.4, -0.2) is 47.1 Å². The van der Waals surface area contributed by atoms with E-state index in [1.807, 2.05) is 35.2 Å². The van der Waals surface area contributed by atoms with Crippen LogP contribution in [0.3, 0.4) is 0 Å². The lowest BCUT2D eigenvalue weighted by Crippen LogP contribution is -2.51. The Morgan fingerprint density at radius 3 is 2.24 bits per heavy atom. The maximum atomic E-state index is 14.0. The highest BCUT2D eigenvalue weighted by atomic mass is 32.1. The first-order chi connectivity index (χ1) is 15.8. The van der Waals surface area contributed by atoms with E-state index in [0.29, 0.717) is 17.0 Å². The van der Waals surface area contributed by atoms with Crippen molar-refractivity contribution in [3.63, 3.8) is 0 Å². The van der Waals surface area contributed by atoms with Crippen LogP contribution in [0.1, 0.15) is 69.7 Å². The molecule has 1 amide bonds. The first-order valence-corrected chi connectivity index (χ1v) is 13.2. The fourth-order valence-corrected chi connectivity index (χ4v) is 6.50. The SMILES string of the molecule is CC(C)N1CCC(N(c2sc(-c3ccccc3)cc2C(=O)O)C(=O)[C@H]2CC[C@H](C)CC2)CC1. The molecule has 1 saturated carbocycles. The number of carboxylic acid groups (broad SMARTS) is 1. The molecule has 5 nitrogen and oxygen atoms in total. The summed E-state index contributed by atoms with van der Waals surface area (Å²) < 4.78 is 0. The number of aromatic carboxylic acids is 1. The standard InChI is InChI=1S/C27H36N2O3S/c1-18(2)28-15-13-22(14-16-28)29(25(30)21-11-9-19(3)10-12-21)26-23(27(31)32)17-24(33-26)20-7-5-4-6-8-20/h4-8,17-19,21-22H,9-16H2,1-3H3,(H,31,32)/t19-,21-. The number of carbonyl (C=O) groups is 2. The van der Waals surface area contributed by atoms with E-state index in [2.05, 4.69) is 25.7 Å². The van der Waals surface area contributed by atoms with Crippen LogP contribution in [0.4, 0.5) is 5.00 Å². The second-order valence-corrected chi connectivity index (χ2v) is 11.1. The van der Waals surface area contributed by atoms with Gasteiger partial charge in [0.05, 0.1) is 5.56 Å². The highest BCUT2D eigenvalue weighted by Gasteiger charge is 2.37. The number of anilines is 1. The van der Waals surface area contributed by atoms with E-state index < -0.39 is 5.97 Å². The molecular formula is C27H36N2O3S. The largest absolute Gasteiger partial charge is 0.478 e. The van der Waals surface area contributed by atoms with Gasteiger partial charge in [0.2, 0.25) is 5.91 Å². The van der Waals surface area contributed by atoms with Gasteiger partial charge < -0.3 is 10.0 Å². The van der Waals surface area contributed by atoms with Gasteiger partial charge in [-0.25, -0.2) is 4.79 Å². The summed E-state index contributed by atoms with van der Waals surface area (Å²) in [5, 5.41) is 10.7. The molecule has 0 bridgehead atoms. The first kappa shape index (κ1) is 24.0. The number of carboxylic acids is 1. The van der Waals surface area contributed by atoms with E-state index in [1.54, 1.807) is 6.07 Å². The molecule has 2 heterocycles. The van der Waals surface area contributed by atoms with Crippen molar-refractivity contribution in [2.45, 2.75) is 71.4 Å². The van der Waals surface area contributed by atoms with Crippen LogP contribution in [0.25, 0.3) is 10.4 Å². The van der Waals surface area contributed by atoms with Crippen LogP contribution in [0.5, 0.6) is 0 Å². The average Bonchev–Trinajstić information content (AvgIpc) is 3.26. The topological polar surface area (TPSA) is 60.9 Å². The zero-order valence-corrected chi connectivity index (χ0v) is 20.8. The van der Waals surface area contributed by atoms with Crippen molar-refractivity contribution in [2.24, 2.45) is 11.8 Å². The van der Waals surface area contributed by atoms with Crippen LogP contribution < -0.4 is 4.90 Å². The molecule has 0 unspecified atom stereocenters. The van der Waals surface area contributed by atoms with Crippen molar-refractivity contribution in [2.75, 3.05) is 18.0 Å². The molecule has 1 N–H and O–H groups in total. The highest BCUT2D eigenvalue weighted by molar-refractivity contribution is 7.20. The molecular weight excluding hydrogens is 432 g/mol. The van der Waals surface area contributed by atoms with E-state index in [-0.39, 0.29) is 23.4 Å². The molecule has 1 aromatic heterocycles. The Labute approximate surface area is 201 Å². The molecule has 1 aliphatic heterocycles. The van der Waals surface area contributed by atoms with Crippen molar-refractivity contribution in [3.8, 4) is 10.4 Å². The molecule has 0 radical (unpaired) electrons. The summed E-state index contributed by atoms with van der Waals surface area (Å²) in [7, 11) is 0. The molecule has 33 heavy (non-hydrogen) atoms. The van der Waals surface area contributed by atoms with Crippen molar-refractivity contribution in [3.05, 3.63) is 42.0 Å². The van der Waals surface area contributed by atoms with Crippen LogP contribution in [0, 0.1) is 11.8 Å². The lowest BCUT2D eigenvalue weighted by molar-refractivity contribution is -0.124. The number of carbonyl (C=O) groups excluding carboxylic acids is 1. The summed E-state index contributed by atoms with van der Waals surface area (Å²) >= 11 is 1.45. The number of likely N-dealkylation sites (tertiary alicyclic amines) is 1. The van der Waals surface area contributed by atoms with E-state index in [9.17, 15) is 14.7 Å². The minimum Gasteiger partial charge on any atom is -0.478 e. The van der Waals surface area contributed by atoms with Crippen LogP contribution in [0.2, 0.25) is 0 Å². The van der Waals surface area contributed by atoms with Gasteiger partial charge in [0, 0.05) is 36.0 Å². The van der Waals surface area contributed by atoms with Gasteiger partial charge in [0.15, 0.2) is 0 Å². The summed E-state index contributed by atoms with van der Waals surface area (Å²) in [6.07, 6.45) is 5.71. The number of hydrogen-bond donors (Lipinski definition) is 1. The maximum absolute atomic E-state index is 14.0. The number of hydrogen-bond acceptors (Lipinski definition) is 4. The molecule has 2 aromatic rings. The molecule has 2 aliphatic rings. The third-order valence-corrected chi connectivity index (χ3v) is 8.60. The molecule has 6 heteroatoms. The Hall–Kier alpha value is -2.18. The number of thiophene rings is 1. The number of rotatable bonds is 6. The third-order valence-electron chi connectivity index (χ3n) is 7.42. The monoisotopic (exact) mass is 468 g/mol. The van der Waals surface area contributed by atoms with Gasteiger partial charge in [-0.1, -0.05) is 37.3 Å². The van der Waals surface area contributed by atoms with Gasteiger partial charge in [-0.2, -0.15) is 0 Å². The summed E-state index contributed by atoms with van der Waals surface area (Å²) in [5.74, 6) is -0.169. The molecule has 0 spiro atoms. The van der Waals surface area contributed by atoms with E-state index in [1.165, 1.54) is 11.3 Å². The molecule has 0 atom stereocenters. The summed E-state index contributed by atoms with van der Waals surface area (Å²) in [6.45, 7) is 8.55. The van der Waals surface area contributed by atoms with Gasteiger partial charge in [-0.05, 0) is 69.9 Å². The summed E-state index contributed by atoms with van der Waals surface area (Å²) in [4.78, 5) is 31.5. The lowest BCUT2D eigenvalue weighted by Gasteiger charge is -2.41. The molecule has 1 saturated heterocycles. The number of benzene rings is 1. The Balaban J connectivity index is 1.70. The van der Waals surface area contributed by atoms with Gasteiger partial charge >= 0.3 is 5.97 Å². The Bertz CT molecular complexity index is 955. The first-order valence-electron chi connectivity index (χ1n) is 12.3. The van der Waals surface area contributed by atoms with E-state index >= 15 is 0 Å². The predicted octanol–water partition coefficient (Wildman–Crippen LogP) is 6.15. The zero-order chi connectivity index (χ0) is 23.5. The van der Waals surface area contributed by atoms with Crippen molar-refractivity contribution < 1.29 is 14.7 Å². The molecule has 2 fully saturated rings. The predicted molar refractivity (Wildman–Crippen MR) is 135 cm³/mol. The lowest BCUT2D eigenvalue weighted by atomic mass is 9.82. The Morgan fingerprint density at radius 2 is 1.67 bits per heavy atom. The minimum atomic E-state index is -0.960. The van der Waals surface area contributed by atoms with Gasteiger partial charge in [0.1, 0.15) is 5.00 Å². The maximum Gasteiger partial charge on any atom is 0.338 e. The fourth-order valence-electron chi connectivity index (χ4n) is 5.27. The van der Waals surface area contributed by atoms with E-state index in [4.69, 9.17) is 0 Å². The smallest absolute Gasteiger partial charge is 0.338 e. The average molecular weight is 469 g/mol. The normalized spacial score (nSPS) is 22.4. The number of nitrogens with zero attached hydrogens (tertiary/aromatic N) is 2. The van der Waals surface area contributed by atoms with Crippen LogP contribution in [0.15, 0.2) is 36.4 Å². The van der Waals surface area contributed by atoms with Gasteiger partial charge in [0.25, 0.3) is 0 Å². The Kier molecular flexibility index (Phi) is 7.55. The molecule has 4 rings (SSSR count). The second-order valence-electron chi connectivity index (χ2n) is 10.0. The van der Waals surface area contributed by atoms with E-state index in [0.717, 1.165) is 62.1 Å². The van der Waals surface area contributed by atoms with Crippen molar-refractivity contribution in [1.82, 2.24) is 4.90 Å². The Morgan fingerprint density at radius 1 is 1.03 bits per heavy atom. The summed E-state index contributed by atoms with van der Waals surface area (Å²) in [6, 6.07) is 12.2.